The Morgan fingerprint density at radius 3 is 2.83 bits per heavy atom. The average Bonchev–Trinajstić information content (AvgIpc) is 3.09. The van der Waals surface area contributed by atoms with Crippen molar-refractivity contribution in [2.75, 3.05) is 7.11 Å². The van der Waals surface area contributed by atoms with Crippen LogP contribution in [0, 0.1) is 5.92 Å². The second kappa shape index (κ2) is 4.80. The maximum Gasteiger partial charge on any atom is 0.237 e. The van der Waals surface area contributed by atoms with Crippen LogP contribution in [0.15, 0.2) is 4.52 Å². The topological polar surface area (TPSA) is 65.2 Å². The Bertz CT molecular complexity index is 439. The molecule has 2 aliphatic carbocycles. The molecule has 2 atom stereocenters. The van der Waals surface area contributed by atoms with Crippen LogP contribution in [0.1, 0.15) is 62.3 Å². The Morgan fingerprint density at radius 1 is 1.33 bits per heavy atom. The van der Waals surface area contributed by atoms with E-state index < -0.39 is 0 Å². The summed E-state index contributed by atoms with van der Waals surface area (Å²) < 4.78 is 10.7. The van der Waals surface area contributed by atoms with Gasteiger partial charge < -0.3 is 9.26 Å². The van der Waals surface area contributed by atoms with Crippen LogP contribution in [-0.4, -0.2) is 23.0 Å². The SMILES string of the molecule is COC(c1noc(C2CCCCC2=O)n1)C1CC1. The van der Waals surface area contributed by atoms with Crippen molar-refractivity contribution < 1.29 is 14.1 Å². The molecule has 3 rings (SSSR count). The number of Topliss-reactive ketones (excluding diaryl/α,β-unsaturated/α-hetero) is 1. The fraction of sp³-hybridized carbons (Fsp3) is 0.769. The van der Waals surface area contributed by atoms with E-state index in [4.69, 9.17) is 9.26 Å². The summed E-state index contributed by atoms with van der Waals surface area (Å²) in [6.45, 7) is 0. The van der Waals surface area contributed by atoms with Crippen molar-refractivity contribution in [3.63, 3.8) is 0 Å². The van der Waals surface area contributed by atoms with E-state index >= 15 is 0 Å². The first kappa shape index (κ1) is 11.8. The molecule has 5 nitrogen and oxygen atoms in total. The third kappa shape index (κ3) is 2.19. The summed E-state index contributed by atoms with van der Waals surface area (Å²) in [6.07, 6.45) is 5.76. The van der Waals surface area contributed by atoms with Gasteiger partial charge in [0, 0.05) is 13.5 Å². The van der Waals surface area contributed by atoms with Crippen LogP contribution >= 0.6 is 0 Å². The van der Waals surface area contributed by atoms with Gasteiger partial charge in [-0.2, -0.15) is 4.98 Å². The number of carbonyl (C=O) groups excluding carboxylic acids is 1. The summed E-state index contributed by atoms with van der Waals surface area (Å²) in [5, 5.41) is 3.99. The van der Waals surface area contributed by atoms with E-state index in [0.717, 1.165) is 32.1 Å². The van der Waals surface area contributed by atoms with E-state index in [2.05, 4.69) is 10.1 Å². The maximum absolute atomic E-state index is 11.8. The molecule has 1 aromatic rings. The number of rotatable bonds is 4. The van der Waals surface area contributed by atoms with Crippen LogP contribution in [-0.2, 0) is 9.53 Å². The number of carbonyl (C=O) groups is 1. The number of ether oxygens (including phenoxy) is 1. The summed E-state index contributed by atoms with van der Waals surface area (Å²) in [7, 11) is 1.67. The fourth-order valence-electron chi connectivity index (χ4n) is 2.66. The molecule has 0 amide bonds. The summed E-state index contributed by atoms with van der Waals surface area (Å²) in [5.74, 6) is 1.65. The van der Waals surface area contributed by atoms with Crippen molar-refractivity contribution in [3.8, 4) is 0 Å². The van der Waals surface area contributed by atoms with Crippen LogP contribution in [0.25, 0.3) is 0 Å². The van der Waals surface area contributed by atoms with Crippen LogP contribution in [0.5, 0.6) is 0 Å². The number of ketones is 1. The summed E-state index contributed by atoms with van der Waals surface area (Å²) in [5.41, 5.74) is 0. The molecule has 2 fully saturated rings. The number of hydrogen-bond donors (Lipinski definition) is 0. The summed E-state index contributed by atoms with van der Waals surface area (Å²) in [4.78, 5) is 16.2. The minimum absolute atomic E-state index is 0.0683. The minimum Gasteiger partial charge on any atom is -0.373 e. The van der Waals surface area contributed by atoms with E-state index in [0.29, 0.717) is 24.1 Å². The lowest BCUT2D eigenvalue weighted by Gasteiger charge is -2.16. The zero-order chi connectivity index (χ0) is 12.5. The zero-order valence-electron chi connectivity index (χ0n) is 10.6. The highest BCUT2D eigenvalue weighted by atomic mass is 16.5. The van der Waals surface area contributed by atoms with Gasteiger partial charge in [0.1, 0.15) is 11.9 Å². The van der Waals surface area contributed by atoms with Gasteiger partial charge in [0.05, 0.1) is 5.92 Å². The van der Waals surface area contributed by atoms with E-state index in [9.17, 15) is 4.79 Å². The average molecular weight is 250 g/mol. The van der Waals surface area contributed by atoms with E-state index in [-0.39, 0.29) is 17.8 Å². The highest BCUT2D eigenvalue weighted by molar-refractivity contribution is 5.85. The monoisotopic (exact) mass is 250 g/mol. The molecule has 5 heteroatoms. The molecule has 2 saturated carbocycles. The largest absolute Gasteiger partial charge is 0.373 e. The Kier molecular flexibility index (Phi) is 3.16. The third-order valence-electron chi connectivity index (χ3n) is 3.87. The quantitative estimate of drug-likeness (QED) is 0.820. The highest BCUT2D eigenvalue weighted by Gasteiger charge is 2.37. The van der Waals surface area contributed by atoms with Crippen LogP contribution in [0.2, 0.25) is 0 Å². The zero-order valence-corrected chi connectivity index (χ0v) is 10.6. The normalized spacial score (nSPS) is 26.3. The molecule has 18 heavy (non-hydrogen) atoms. The minimum atomic E-state index is -0.184. The van der Waals surface area contributed by atoms with E-state index in [1.165, 1.54) is 0 Å². The molecule has 2 unspecified atom stereocenters. The molecule has 0 bridgehead atoms. The second-order valence-corrected chi connectivity index (χ2v) is 5.25. The van der Waals surface area contributed by atoms with Gasteiger partial charge in [-0.25, -0.2) is 0 Å². The number of hydrogen-bond acceptors (Lipinski definition) is 5. The lowest BCUT2D eigenvalue weighted by molar-refractivity contribution is -0.122. The van der Waals surface area contributed by atoms with Crippen LogP contribution < -0.4 is 0 Å². The Balaban J connectivity index is 1.77. The van der Waals surface area contributed by atoms with Crippen molar-refractivity contribution >= 4 is 5.78 Å². The highest BCUT2D eigenvalue weighted by Crippen LogP contribution is 2.42. The van der Waals surface area contributed by atoms with Crippen LogP contribution in [0.3, 0.4) is 0 Å². The Hall–Kier alpha value is -1.23. The molecule has 0 aromatic carbocycles. The molecular formula is C13H18N2O3. The molecule has 1 heterocycles. The first-order valence-electron chi connectivity index (χ1n) is 6.68. The summed E-state index contributed by atoms with van der Waals surface area (Å²) >= 11 is 0. The number of aromatic nitrogens is 2. The van der Waals surface area contributed by atoms with Gasteiger partial charge in [0.2, 0.25) is 11.7 Å². The maximum atomic E-state index is 11.8. The van der Waals surface area contributed by atoms with Gasteiger partial charge in [0.25, 0.3) is 0 Å². The van der Waals surface area contributed by atoms with Gasteiger partial charge in [-0.05, 0) is 31.6 Å². The van der Waals surface area contributed by atoms with Crippen molar-refractivity contribution in [1.82, 2.24) is 10.1 Å². The fourth-order valence-corrected chi connectivity index (χ4v) is 2.66. The lowest BCUT2D eigenvalue weighted by Crippen LogP contribution is -2.17. The van der Waals surface area contributed by atoms with Crippen molar-refractivity contribution in [2.24, 2.45) is 5.92 Å². The van der Waals surface area contributed by atoms with Gasteiger partial charge in [-0.15, -0.1) is 0 Å². The second-order valence-electron chi connectivity index (χ2n) is 5.25. The number of methoxy groups -OCH3 is 1. The van der Waals surface area contributed by atoms with Crippen molar-refractivity contribution in [3.05, 3.63) is 11.7 Å². The molecule has 0 aliphatic heterocycles. The predicted octanol–water partition coefficient (Wildman–Crippen LogP) is 2.39. The van der Waals surface area contributed by atoms with E-state index in [1.54, 1.807) is 7.11 Å². The molecule has 0 saturated heterocycles. The molecule has 2 aliphatic rings. The van der Waals surface area contributed by atoms with Crippen molar-refractivity contribution in [1.29, 1.82) is 0 Å². The molecule has 0 radical (unpaired) electrons. The van der Waals surface area contributed by atoms with Gasteiger partial charge >= 0.3 is 0 Å². The first-order chi connectivity index (χ1) is 8.79. The lowest BCUT2D eigenvalue weighted by atomic mass is 9.88. The standard InChI is InChI=1S/C13H18N2O3/c1-17-11(8-6-7-8)12-14-13(18-15-12)9-4-2-3-5-10(9)16/h8-9,11H,2-7H2,1H3. The van der Waals surface area contributed by atoms with E-state index in [1.807, 2.05) is 0 Å². The third-order valence-corrected chi connectivity index (χ3v) is 3.87. The molecular weight excluding hydrogens is 232 g/mol. The van der Waals surface area contributed by atoms with Crippen molar-refractivity contribution in [2.45, 2.75) is 50.5 Å². The smallest absolute Gasteiger partial charge is 0.237 e. The Morgan fingerprint density at radius 2 is 2.17 bits per heavy atom. The number of nitrogens with zero attached hydrogens (tertiary/aromatic N) is 2. The predicted molar refractivity (Wildman–Crippen MR) is 63.0 cm³/mol. The molecule has 98 valence electrons. The van der Waals surface area contributed by atoms with Gasteiger partial charge in [0.15, 0.2) is 0 Å². The van der Waals surface area contributed by atoms with Gasteiger partial charge in [-0.1, -0.05) is 11.6 Å². The van der Waals surface area contributed by atoms with Crippen LogP contribution in [0.4, 0.5) is 0 Å². The molecule has 0 N–H and O–H groups in total. The molecule has 0 spiro atoms. The molecule has 1 aromatic heterocycles. The summed E-state index contributed by atoms with van der Waals surface area (Å²) in [6, 6.07) is 0. The van der Waals surface area contributed by atoms with Gasteiger partial charge in [-0.3, -0.25) is 4.79 Å². The Labute approximate surface area is 106 Å². The first-order valence-corrected chi connectivity index (χ1v) is 6.68.